The Morgan fingerprint density at radius 1 is 1.08 bits per heavy atom. The van der Waals surface area contributed by atoms with Gasteiger partial charge >= 0.3 is 0 Å². The van der Waals surface area contributed by atoms with Crippen LogP contribution in [0.4, 0.5) is 0 Å². The first-order valence-electron chi connectivity index (χ1n) is 2.99. The molecule has 3 nitrogen and oxygen atoms in total. The summed E-state index contributed by atoms with van der Waals surface area (Å²) in [7, 11) is 0. The molecule has 0 saturated heterocycles. The maximum Gasteiger partial charge on any atom is 0.149 e. The van der Waals surface area contributed by atoms with Crippen LogP contribution < -0.4 is 0 Å². The van der Waals surface area contributed by atoms with Crippen molar-refractivity contribution in [1.82, 2.24) is 0 Å². The number of thioether (sulfide) groups is 1. The van der Waals surface area contributed by atoms with Gasteiger partial charge in [-0.05, 0) is 12.1 Å². The number of aromatic hydroxyl groups is 1. The van der Waals surface area contributed by atoms with E-state index < -0.39 is 0 Å². The number of phenolic OH excluding ortho intramolecular Hbond substituents is 1. The first-order valence-corrected chi connectivity index (χ1v) is 3.81. The molecule has 0 radical (unpaired) electrons. The second-order valence-electron chi connectivity index (χ2n) is 1.62. The number of rotatable bonds is 0. The molecule has 0 aliphatic carbocycles. The molecule has 0 fully saturated rings. The van der Waals surface area contributed by atoms with Gasteiger partial charge in [-0.3, -0.25) is 0 Å². The summed E-state index contributed by atoms with van der Waals surface area (Å²) in [5.41, 5.74) is 0. The summed E-state index contributed by atoms with van der Waals surface area (Å²) in [5.74, 6) is 0.322. The van der Waals surface area contributed by atoms with Crippen molar-refractivity contribution in [2.45, 2.75) is 0 Å². The van der Waals surface area contributed by atoms with E-state index in [0.717, 1.165) is 0 Å². The summed E-state index contributed by atoms with van der Waals surface area (Å²) < 4.78 is 0. The molecule has 0 aromatic heterocycles. The molecule has 0 spiro atoms. The Balaban J connectivity index is 0.000000217. The van der Waals surface area contributed by atoms with Crippen LogP contribution in [0, 0.1) is 21.3 Å². The molecular weight excluding hydrogens is 172 g/mol. The first kappa shape index (κ1) is 10.3. The van der Waals surface area contributed by atoms with Gasteiger partial charge in [0.05, 0.1) is 11.8 Å². The lowest BCUT2D eigenvalue weighted by molar-refractivity contribution is 0.475. The highest BCUT2D eigenvalue weighted by Crippen LogP contribution is 2.02. The molecule has 0 atom stereocenters. The first-order chi connectivity index (χ1) is 5.81. The van der Waals surface area contributed by atoms with Gasteiger partial charge in [0, 0.05) is 0 Å². The monoisotopic (exact) mass is 178 g/mol. The normalized spacial score (nSPS) is 6.83. The highest BCUT2D eigenvalue weighted by atomic mass is 32.2. The van der Waals surface area contributed by atoms with Gasteiger partial charge in [-0.1, -0.05) is 18.2 Å². The maximum absolute atomic E-state index is 8.63. The van der Waals surface area contributed by atoms with E-state index in [0.29, 0.717) is 17.5 Å². The van der Waals surface area contributed by atoms with E-state index in [9.17, 15) is 0 Å². The zero-order valence-electron chi connectivity index (χ0n) is 6.14. The summed E-state index contributed by atoms with van der Waals surface area (Å²) in [4.78, 5) is 0. The van der Waals surface area contributed by atoms with Gasteiger partial charge < -0.3 is 5.11 Å². The molecule has 12 heavy (non-hydrogen) atoms. The van der Waals surface area contributed by atoms with Gasteiger partial charge in [0.1, 0.15) is 16.6 Å². The highest BCUT2D eigenvalue weighted by Gasteiger charge is 1.74. The van der Waals surface area contributed by atoms with Crippen molar-refractivity contribution < 1.29 is 5.11 Å². The number of hydrogen-bond acceptors (Lipinski definition) is 4. The molecule has 0 saturated carbocycles. The Bertz CT molecular complexity index is 274. The minimum absolute atomic E-state index is 0.322. The fourth-order valence-corrected chi connectivity index (χ4v) is 0.489. The van der Waals surface area contributed by atoms with E-state index in [-0.39, 0.29) is 0 Å². The summed E-state index contributed by atoms with van der Waals surface area (Å²) >= 11 is 0.574. The van der Waals surface area contributed by atoms with Crippen molar-refractivity contribution in [1.29, 1.82) is 10.5 Å². The van der Waals surface area contributed by atoms with E-state index in [1.807, 2.05) is 6.07 Å². The highest BCUT2D eigenvalue weighted by molar-refractivity contribution is 8.07. The second kappa shape index (κ2) is 7.46. The van der Waals surface area contributed by atoms with Crippen molar-refractivity contribution in [3.63, 3.8) is 0 Å². The third-order valence-corrected chi connectivity index (χ3v) is 1.03. The van der Waals surface area contributed by atoms with Gasteiger partial charge in [0.15, 0.2) is 0 Å². The van der Waals surface area contributed by atoms with Crippen LogP contribution in [-0.4, -0.2) is 5.11 Å². The molecule has 0 unspecified atom stereocenters. The van der Waals surface area contributed by atoms with Crippen molar-refractivity contribution in [2.75, 3.05) is 0 Å². The van der Waals surface area contributed by atoms with Crippen LogP contribution in [0.1, 0.15) is 0 Å². The number of benzene rings is 1. The molecule has 0 bridgehead atoms. The van der Waals surface area contributed by atoms with Crippen molar-refractivity contribution in [3.05, 3.63) is 30.3 Å². The lowest BCUT2D eigenvalue weighted by Gasteiger charge is -1.82. The summed E-state index contributed by atoms with van der Waals surface area (Å²) in [6.45, 7) is 0. The molecule has 0 aliphatic rings. The standard InChI is InChI=1S/C6H6O.C2N2S/c7-6-4-2-1-3-5-6;3-1-5-2-4/h1-5,7H;. The SMILES string of the molecule is N#CSC#N.Oc1ccccc1. The number of nitriles is 2. The predicted molar refractivity (Wildman–Crippen MR) is 46.9 cm³/mol. The molecule has 4 heteroatoms. The van der Waals surface area contributed by atoms with Crippen molar-refractivity contribution >= 4 is 11.8 Å². The van der Waals surface area contributed by atoms with Crippen LogP contribution >= 0.6 is 11.8 Å². The van der Waals surface area contributed by atoms with Crippen LogP contribution in [0.15, 0.2) is 30.3 Å². The summed E-state index contributed by atoms with van der Waals surface area (Å²) in [6.07, 6.45) is 0. The average Bonchev–Trinajstić information content (AvgIpc) is 2.08. The lowest BCUT2D eigenvalue weighted by Crippen LogP contribution is -1.56. The Morgan fingerprint density at radius 2 is 1.58 bits per heavy atom. The number of para-hydroxylation sites is 1. The second-order valence-corrected chi connectivity index (χ2v) is 2.19. The number of nitrogens with zero attached hydrogens (tertiary/aromatic N) is 2. The molecular formula is C8H6N2OS. The van der Waals surface area contributed by atoms with E-state index in [4.69, 9.17) is 15.6 Å². The Hall–Kier alpha value is -1.65. The van der Waals surface area contributed by atoms with E-state index in [1.54, 1.807) is 35.1 Å². The molecule has 1 aromatic carbocycles. The van der Waals surface area contributed by atoms with E-state index in [1.165, 1.54) is 0 Å². The minimum atomic E-state index is 0.322. The molecule has 60 valence electrons. The summed E-state index contributed by atoms with van der Waals surface area (Å²) in [6, 6.07) is 8.71. The Morgan fingerprint density at radius 3 is 1.75 bits per heavy atom. The van der Waals surface area contributed by atoms with E-state index in [2.05, 4.69) is 0 Å². The van der Waals surface area contributed by atoms with Gasteiger partial charge in [-0.25, -0.2) is 0 Å². The molecule has 1 aromatic rings. The fraction of sp³-hybridized carbons (Fsp3) is 0. The number of phenols is 1. The summed E-state index contributed by atoms with van der Waals surface area (Å²) in [5, 5.41) is 26.9. The third kappa shape index (κ3) is 6.47. The minimum Gasteiger partial charge on any atom is -0.508 e. The predicted octanol–water partition coefficient (Wildman–Crippen LogP) is 2.07. The molecule has 1 N–H and O–H groups in total. The van der Waals surface area contributed by atoms with Crippen LogP contribution in [0.5, 0.6) is 5.75 Å². The van der Waals surface area contributed by atoms with Gasteiger partial charge in [-0.15, -0.1) is 0 Å². The molecule has 0 aliphatic heterocycles. The fourth-order valence-electron chi connectivity index (χ4n) is 0.448. The quantitative estimate of drug-likeness (QED) is 0.617. The lowest BCUT2D eigenvalue weighted by atomic mass is 10.3. The van der Waals surface area contributed by atoms with Gasteiger partial charge in [-0.2, -0.15) is 10.5 Å². The zero-order chi connectivity index (χ0) is 9.23. The van der Waals surface area contributed by atoms with E-state index >= 15 is 0 Å². The van der Waals surface area contributed by atoms with Crippen molar-refractivity contribution in [2.24, 2.45) is 0 Å². The van der Waals surface area contributed by atoms with Gasteiger partial charge in [0.25, 0.3) is 0 Å². The molecule has 0 amide bonds. The Kier molecular flexibility index (Phi) is 6.43. The number of hydrogen-bond donors (Lipinski definition) is 1. The van der Waals surface area contributed by atoms with Crippen LogP contribution in [-0.2, 0) is 0 Å². The Labute approximate surface area is 74.9 Å². The van der Waals surface area contributed by atoms with Crippen molar-refractivity contribution in [3.8, 4) is 16.6 Å². The number of thiocyanates is 2. The third-order valence-electron chi connectivity index (χ3n) is 0.847. The largest absolute Gasteiger partial charge is 0.508 e. The zero-order valence-corrected chi connectivity index (χ0v) is 6.95. The topological polar surface area (TPSA) is 67.8 Å². The molecule has 1 rings (SSSR count). The smallest absolute Gasteiger partial charge is 0.149 e. The molecule has 0 heterocycles. The maximum atomic E-state index is 8.63. The van der Waals surface area contributed by atoms with Crippen LogP contribution in [0.3, 0.4) is 0 Å². The van der Waals surface area contributed by atoms with Crippen LogP contribution in [0.2, 0.25) is 0 Å². The average molecular weight is 178 g/mol. The van der Waals surface area contributed by atoms with Crippen LogP contribution in [0.25, 0.3) is 0 Å². The van der Waals surface area contributed by atoms with Gasteiger partial charge in [0.2, 0.25) is 0 Å².